The second-order valence-electron chi connectivity index (χ2n) is 8.34. The van der Waals surface area contributed by atoms with E-state index < -0.39 is 0 Å². The minimum Gasteiger partial charge on any atom is -0.420 e. The van der Waals surface area contributed by atoms with Gasteiger partial charge in [0.25, 0.3) is 5.91 Å². The summed E-state index contributed by atoms with van der Waals surface area (Å²) in [5, 5.41) is 0. The van der Waals surface area contributed by atoms with Crippen LogP contribution in [0.4, 0.5) is 17.1 Å². The van der Waals surface area contributed by atoms with Crippen molar-refractivity contribution in [2.45, 2.75) is 13.5 Å². The second kappa shape index (κ2) is 10.7. The predicted molar refractivity (Wildman–Crippen MR) is 145 cm³/mol. The number of amides is 1. The Labute approximate surface area is 211 Å². The molecule has 0 unspecified atom stereocenters. The summed E-state index contributed by atoms with van der Waals surface area (Å²) in [5.74, 6) is 0.1000. The van der Waals surface area contributed by atoms with Crippen molar-refractivity contribution in [3.05, 3.63) is 132 Å². The molecule has 1 saturated heterocycles. The Morgan fingerprint density at radius 3 is 1.83 bits per heavy atom. The van der Waals surface area contributed by atoms with Gasteiger partial charge in [0.2, 0.25) is 0 Å². The zero-order chi connectivity index (χ0) is 24.7. The van der Waals surface area contributed by atoms with Gasteiger partial charge in [0, 0.05) is 23.6 Å². The van der Waals surface area contributed by atoms with Crippen molar-refractivity contribution < 1.29 is 9.53 Å². The fourth-order valence-corrected chi connectivity index (χ4v) is 4.12. The molecule has 1 aliphatic heterocycles. The average molecular weight is 474 g/mol. The highest BCUT2D eigenvalue weighted by molar-refractivity contribution is 6.11. The summed E-state index contributed by atoms with van der Waals surface area (Å²) in [7, 11) is 0. The van der Waals surface area contributed by atoms with Gasteiger partial charge in [-0.05, 0) is 60.5 Å². The minimum absolute atomic E-state index is 0.177. The molecule has 0 bridgehead atoms. The number of carbonyl (C=O) groups excluding carboxylic acids is 1. The van der Waals surface area contributed by atoms with E-state index in [1.54, 1.807) is 11.0 Å². The fraction of sp³-hybridized carbons (Fsp3) is 0.0968. The van der Waals surface area contributed by atoms with Crippen molar-refractivity contribution in [1.29, 1.82) is 0 Å². The molecule has 5 nitrogen and oxygen atoms in total. The Hall–Kier alpha value is -4.64. The molecule has 0 radical (unpaired) electrons. The van der Waals surface area contributed by atoms with Gasteiger partial charge in [-0.25, -0.2) is 4.99 Å². The van der Waals surface area contributed by atoms with Crippen molar-refractivity contribution >= 4 is 35.1 Å². The van der Waals surface area contributed by atoms with Crippen LogP contribution in [0.2, 0.25) is 0 Å². The molecule has 1 fully saturated rings. The molecule has 1 heterocycles. The van der Waals surface area contributed by atoms with Gasteiger partial charge in [0.1, 0.15) is 0 Å². The van der Waals surface area contributed by atoms with E-state index >= 15 is 0 Å². The van der Waals surface area contributed by atoms with Crippen LogP contribution >= 0.6 is 0 Å². The monoisotopic (exact) mass is 473 g/mol. The molecule has 5 heteroatoms. The van der Waals surface area contributed by atoms with Gasteiger partial charge >= 0.3 is 6.02 Å². The smallest absolute Gasteiger partial charge is 0.300 e. The summed E-state index contributed by atoms with van der Waals surface area (Å²) >= 11 is 0. The van der Waals surface area contributed by atoms with Crippen LogP contribution in [0.1, 0.15) is 18.1 Å². The van der Waals surface area contributed by atoms with Crippen molar-refractivity contribution in [2.75, 3.05) is 11.4 Å². The van der Waals surface area contributed by atoms with Gasteiger partial charge in [-0.2, -0.15) is 0 Å². The molecule has 4 aromatic rings. The molecule has 36 heavy (non-hydrogen) atoms. The van der Waals surface area contributed by atoms with Crippen LogP contribution in [-0.2, 0) is 16.1 Å². The number of nitrogens with zero attached hydrogens (tertiary/aromatic N) is 3. The van der Waals surface area contributed by atoms with Gasteiger partial charge in [-0.15, -0.1) is 0 Å². The van der Waals surface area contributed by atoms with Gasteiger partial charge in [0.15, 0.2) is 5.76 Å². The Morgan fingerprint density at radius 1 is 0.750 bits per heavy atom. The molecule has 4 aromatic carbocycles. The summed E-state index contributed by atoms with van der Waals surface area (Å²) in [6, 6.07) is 38.8. The van der Waals surface area contributed by atoms with E-state index in [2.05, 4.69) is 34.2 Å². The van der Waals surface area contributed by atoms with Crippen LogP contribution < -0.4 is 4.90 Å². The van der Waals surface area contributed by atoms with Gasteiger partial charge in [-0.1, -0.05) is 78.9 Å². The SMILES string of the molecule is CCN1C(=O)/C(=C\c2ccc(N(c3ccccc3)c3ccccc3)cc2)O/C1=N\Cc1ccccc1. The number of amidine groups is 1. The first-order valence-corrected chi connectivity index (χ1v) is 12.0. The number of likely N-dealkylation sites (N-methyl/N-ethyl adjacent to an activating group) is 1. The molecule has 0 aromatic heterocycles. The molecule has 5 rings (SSSR count). The average Bonchev–Trinajstić information content (AvgIpc) is 3.24. The Bertz CT molecular complexity index is 1330. The largest absolute Gasteiger partial charge is 0.420 e. The molecule has 0 atom stereocenters. The number of ether oxygens (including phenoxy) is 1. The van der Waals surface area contributed by atoms with E-state index in [4.69, 9.17) is 4.74 Å². The first-order valence-electron chi connectivity index (χ1n) is 12.0. The topological polar surface area (TPSA) is 45.1 Å². The first kappa shape index (κ1) is 23.1. The summed E-state index contributed by atoms with van der Waals surface area (Å²) in [5.41, 5.74) is 5.10. The predicted octanol–water partition coefficient (Wildman–Crippen LogP) is 6.93. The van der Waals surface area contributed by atoms with Crippen LogP contribution in [0.25, 0.3) is 6.08 Å². The Balaban J connectivity index is 1.39. The first-order chi connectivity index (χ1) is 17.7. The highest BCUT2D eigenvalue weighted by Gasteiger charge is 2.33. The van der Waals surface area contributed by atoms with E-state index in [9.17, 15) is 4.79 Å². The van der Waals surface area contributed by atoms with Crippen LogP contribution in [0.5, 0.6) is 0 Å². The number of benzene rings is 4. The van der Waals surface area contributed by atoms with Crippen LogP contribution in [0.3, 0.4) is 0 Å². The number of aliphatic imine (C=N–C) groups is 1. The molecule has 0 aliphatic carbocycles. The van der Waals surface area contributed by atoms with E-state index in [0.717, 1.165) is 28.2 Å². The molecular formula is C31H27N3O2. The lowest BCUT2D eigenvalue weighted by molar-refractivity contribution is -0.122. The molecule has 0 spiro atoms. The summed E-state index contributed by atoms with van der Waals surface area (Å²) < 4.78 is 5.90. The third kappa shape index (κ3) is 5.05. The zero-order valence-corrected chi connectivity index (χ0v) is 20.1. The third-order valence-electron chi connectivity index (χ3n) is 5.92. The quantitative estimate of drug-likeness (QED) is 0.273. The number of carbonyl (C=O) groups is 1. The van der Waals surface area contributed by atoms with E-state index in [1.165, 1.54) is 0 Å². The minimum atomic E-state index is -0.177. The Kier molecular flexibility index (Phi) is 6.90. The maximum absolute atomic E-state index is 13.0. The maximum atomic E-state index is 13.0. The van der Waals surface area contributed by atoms with Crippen molar-refractivity contribution in [1.82, 2.24) is 4.90 Å². The number of hydrogen-bond donors (Lipinski definition) is 0. The molecule has 1 aliphatic rings. The van der Waals surface area contributed by atoms with Crippen molar-refractivity contribution in [3.8, 4) is 0 Å². The summed E-state index contributed by atoms with van der Waals surface area (Å²) in [6.07, 6.45) is 1.77. The summed E-state index contributed by atoms with van der Waals surface area (Å²) in [4.78, 5) is 21.3. The van der Waals surface area contributed by atoms with Crippen molar-refractivity contribution in [2.24, 2.45) is 4.99 Å². The van der Waals surface area contributed by atoms with Gasteiger partial charge in [0.05, 0.1) is 6.54 Å². The molecule has 0 N–H and O–H groups in total. The van der Waals surface area contributed by atoms with E-state index in [1.807, 2.05) is 97.9 Å². The highest BCUT2D eigenvalue weighted by atomic mass is 16.5. The van der Waals surface area contributed by atoms with E-state index in [0.29, 0.717) is 19.1 Å². The normalized spacial score (nSPS) is 15.4. The Morgan fingerprint density at radius 2 is 1.28 bits per heavy atom. The van der Waals surface area contributed by atoms with E-state index in [-0.39, 0.29) is 11.7 Å². The zero-order valence-electron chi connectivity index (χ0n) is 20.1. The van der Waals surface area contributed by atoms with Crippen LogP contribution in [0.15, 0.2) is 126 Å². The molecular weight excluding hydrogens is 446 g/mol. The lowest BCUT2D eigenvalue weighted by atomic mass is 10.1. The standard InChI is InChI=1S/C31H27N3O2/c1-2-33-30(35)29(36-31(33)32-23-25-12-6-3-7-13-25)22-24-18-20-28(21-19-24)34(26-14-8-4-9-15-26)27-16-10-5-11-17-27/h3-22H,2,23H2,1H3/b29-22+,32-31-. The van der Waals surface area contributed by atoms with Crippen LogP contribution in [-0.4, -0.2) is 23.4 Å². The van der Waals surface area contributed by atoms with Crippen molar-refractivity contribution in [3.63, 3.8) is 0 Å². The number of anilines is 3. The summed E-state index contributed by atoms with van der Waals surface area (Å²) in [6.45, 7) is 2.86. The fourth-order valence-electron chi connectivity index (χ4n) is 4.12. The second-order valence-corrected chi connectivity index (χ2v) is 8.34. The molecule has 0 saturated carbocycles. The van der Waals surface area contributed by atoms with Gasteiger partial charge in [-0.3, -0.25) is 9.69 Å². The number of para-hydroxylation sites is 2. The number of rotatable bonds is 7. The lowest BCUT2D eigenvalue weighted by Crippen LogP contribution is -2.29. The van der Waals surface area contributed by atoms with Crippen LogP contribution in [0, 0.1) is 0 Å². The number of hydrogen-bond acceptors (Lipinski definition) is 4. The molecule has 178 valence electrons. The van der Waals surface area contributed by atoms with Gasteiger partial charge < -0.3 is 9.64 Å². The maximum Gasteiger partial charge on any atom is 0.300 e. The lowest BCUT2D eigenvalue weighted by Gasteiger charge is -2.25. The highest BCUT2D eigenvalue weighted by Crippen LogP contribution is 2.34. The molecule has 1 amide bonds. The third-order valence-corrected chi connectivity index (χ3v) is 5.92.